The minimum Gasteiger partial charge on any atom is -0.454 e. The molecule has 29 heavy (non-hydrogen) atoms. The van der Waals surface area contributed by atoms with Crippen LogP contribution in [-0.4, -0.2) is 50.1 Å². The van der Waals surface area contributed by atoms with E-state index in [2.05, 4.69) is 17.0 Å². The number of amides is 1. The average molecular weight is 394 g/mol. The van der Waals surface area contributed by atoms with Crippen LogP contribution < -0.4 is 14.4 Å². The van der Waals surface area contributed by atoms with E-state index >= 15 is 0 Å². The molecule has 5 rings (SSSR count). The molecule has 0 aliphatic carbocycles. The standard InChI is InChI=1S/C23H26N2O4/c1-16-4-2-3-5-20(16)25-14-19(29-23(25)26)13-24-10-8-17(9-11-24)18-6-7-21-22(12-18)28-15-27-21/h2-7,12,17,19H,8-11,13-15H2,1H3. The first kappa shape index (κ1) is 18.3. The first-order valence-corrected chi connectivity index (χ1v) is 10.3. The van der Waals surface area contributed by atoms with Gasteiger partial charge in [-0.05, 0) is 68.1 Å². The van der Waals surface area contributed by atoms with Crippen molar-refractivity contribution in [2.75, 3.05) is 37.9 Å². The zero-order chi connectivity index (χ0) is 19.8. The number of fused-ring (bicyclic) bond motifs is 1. The minimum atomic E-state index is -0.237. The van der Waals surface area contributed by atoms with E-state index in [4.69, 9.17) is 14.2 Å². The van der Waals surface area contributed by atoms with Crippen LogP contribution in [0.5, 0.6) is 11.5 Å². The Labute approximate surface area is 171 Å². The molecule has 3 aliphatic rings. The highest BCUT2D eigenvalue weighted by Gasteiger charge is 2.35. The van der Waals surface area contributed by atoms with Crippen molar-refractivity contribution >= 4 is 11.8 Å². The van der Waals surface area contributed by atoms with Gasteiger partial charge in [0.1, 0.15) is 6.10 Å². The second-order valence-electron chi connectivity index (χ2n) is 8.09. The zero-order valence-electron chi connectivity index (χ0n) is 16.7. The number of carbonyl (C=O) groups is 1. The predicted molar refractivity (Wildman–Crippen MR) is 110 cm³/mol. The highest BCUT2D eigenvalue weighted by atomic mass is 16.7. The van der Waals surface area contributed by atoms with Gasteiger partial charge >= 0.3 is 6.09 Å². The van der Waals surface area contributed by atoms with Crippen molar-refractivity contribution in [3.63, 3.8) is 0 Å². The lowest BCUT2D eigenvalue weighted by Gasteiger charge is -2.33. The molecule has 0 radical (unpaired) electrons. The summed E-state index contributed by atoms with van der Waals surface area (Å²) in [5.74, 6) is 2.24. The molecule has 2 aromatic rings. The molecule has 6 heteroatoms. The van der Waals surface area contributed by atoms with Crippen LogP contribution in [0.1, 0.15) is 29.9 Å². The molecule has 0 aromatic heterocycles. The second kappa shape index (κ2) is 7.59. The van der Waals surface area contributed by atoms with E-state index in [1.807, 2.05) is 37.3 Å². The van der Waals surface area contributed by atoms with E-state index in [1.165, 1.54) is 5.56 Å². The van der Waals surface area contributed by atoms with Crippen LogP contribution in [-0.2, 0) is 4.74 Å². The van der Waals surface area contributed by atoms with Gasteiger partial charge in [-0.2, -0.15) is 0 Å². The van der Waals surface area contributed by atoms with Gasteiger partial charge in [0.15, 0.2) is 11.5 Å². The molecule has 152 valence electrons. The molecular weight excluding hydrogens is 368 g/mol. The van der Waals surface area contributed by atoms with Crippen molar-refractivity contribution in [2.24, 2.45) is 0 Å². The number of carbonyl (C=O) groups excluding carboxylic acids is 1. The third kappa shape index (κ3) is 3.65. The second-order valence-corrected chi connectivity index (χ2v) is 8.09. The summed E-state index contributed by atoms with van der Waals surface area (Å²) in [5.41, 5.74) is 3.36. The van der Waals surface area contributed by atoms with Gasteiger partial charge in [0.25, 0.3) is 0 Å². The Morgan fingerprint density at radius 3 is 2.66 bits per heavy atom. The number of piperidine rings is 1. The Morgan fingerprint density at radius 2 is 1.83 bits per heavy atom. The monoisotopic (exact) mass is 394 g/mol. The molecular formula is C23H26N2O4. The molecule has 2 saturated heterocycles. The molecule has 0 bridgehead atoms. The topological polar surface area (TPSA) is 51.2 Å². The molecule has 2 fully saturated rings. The van der Waals surface area contributed by atoms with Gasteiger partial charge < -0.3 is 14.2 Å². The molecule has 0 spiro atoms. The number of cyclic esters (lactones) is 1. The number of anilines is 1. The van der Waals surface area contributed by atoms with Crippen molar-refractivity contribution in [3.05, 3.63) is 53.6 Å². The Balaban J connectivity index is 1.16. The number of rotatable bonds is 4. The van der Waals surface area contributed by atoms with E-state index in [9.17, 15) is 4.79 Å². The van der Waals surface area contributed by atoms with Gasteiger partial charge in [-0.3, -0.25) is 9.80 Å². The van der Waals surface area contributed by atoms with Gasteiger partial charge in [-0.25, -0.2) is 4.79 Å². The Hall–Kier alpha value is -2.73. The van der Waals surface area contributed by atoms with Crippen molar-refractivity contribution in [3.8, 4) is 11.5 Å². The lowest BCUT2D eigenvalue weighted by molar-refractivity contribution is 0.0976. The Bertz CT molecular complexity index is 908. The van der Waals surface area contributed by atoms with E-state index < -0.39 is 0 Å². The lowest BCUT2D eigenvalue weighted by Crippen LogP contribution is -2.39. The fourth-order valence-corrected chi connectivity index (χ4v) is 4.58. The molecule has 1 amide bonds. The normalized spacial score (nSPS) is 22.2. The summed E-state index contributed by atoms with van der Waals surface area (Å²) in [7, 11) is 0. The Kier molecular flexibility index (Phi) is 4.79. The predicted octanol–water partition coefficient (Wildman–Crippen LogP) is 3.93. The SMILES string of the molecule is Cc1ccccc1N1CC(CN2CCC(c3ccc4c(c3)OCO4)CC2)OC1=O. The van der Waals surface area contributed by atoms with E-state index in [1.54, 1.807) is 4.90 Å². The quantitative estimate of drug-likeness (QED) is 0.787. The number of benzene rings is 2. The fraction of sp³-hybridized carbons (Fsp3) is 0.435. The van der Waals surface area contributed by atoms with Crippen molar-refractivity contribution in [1.29, 1.82) is 0 Å². The van der Waals surface area contributed by atoms with Crippen LogP contribution >= 0.6 is 0 Å². The molecule has 1 atom stereocenters. The highest BCUT2D eigenvalue weighted by Crippen LogP contribution is 2.37. The highest BCUT2D eigenvalue weighted by molar-refractivity contribution is 5.90. The Morgan fingerprint density at radius 1 is 1.03 bits per heavy atom. The number of hydrogen-bond donors (Lipinski definition) is 0. The van der Waals surface area contributed by atoms with E-state index in [0.29, 0.717) is 19.3 Å². The smallest absolute Gasteiger partial charge is 0.414 e. The molecule has 0 N–H and O–H groups in total. The van der Waals surface area contributed by atoms with Gasteiger partial charge in [0.2, 0.25) is 6.79 Å². The first-order chi connectivity index (χ1) is 14.2. The number of hydrogen-bond acceptors (Lipinski definition) is 5. The maximum Gasteiger partial charge on any atom is 0.414 e. The lowest BCUT2D eigenvalue weighted by atomic mass is 9.89. The van der Waals surface area contributed by atoms with E-state index in [0.717, 1.165) is 55.2 Å². The van der Waals surface area contributed by atoms with Crippen LogP contribution in [0.4, 0.5) is 10.5 Å². The average Bonchev–Trinajstić information content (AvgIpc) is 3.34. The molecule has 1 unspecified atom stereocenters. The summed E-state index contributed by atoms with van der Waals surface area (Å²) in [6, 6.07) is 14.3. The van der Waals surface area contributed by atoms with Crippen LogP contribution in [0, 0.1) is 6.92 Å². The third-order valence-electron chi connectivity index (χ3n) is 6.20. The van der Waals surface area contributed by atoms with Gasteiger partial charge in [-0.1, -0.05) is 24.3 Å². The molecule has 0 saturated carbocycles. The van der Waals surface area contributed by atoms with Crippen LogP contribution in [0.2, 0.25) is 0 Å². The van der Waals surface area contributed by atoms with Crippen LogP contribution in [0.15, 0.2) is 42.5 Å². The minimum absolute atomic E-state index is 0.0794. The number of nitrogens with zero attached hydrogens (tertiary/aromatic N) is 2. The zero-order valence-corrected chi connectivity index (χ0v) is 16.7. The summed E-state index contributed by atoms with van der Waals surface area (Å²) in [4.78, 5) is 16.6. The summed E-state index contributed by atoms with van der Waals surface area (Å²) in [6.45, 7) is 5.77. The molecule has 6 nitrogen and oxygen atoms in total. The van der Waals surface area contributed by atoms with Crippen molar-refractivity contribution in [1.82, 2.24) is 4.90 Å². The molecule has 2 aromatic carbocycles. The third-order valence-corrected chi connectivity index (χ3v) is 6.20. The largest absolute Gasteiger partial charge is 0.454 e. The van der Waals surface area contributed by atoms with Crippen molar-refractivity contribution in [2.45, 2.75) is 31.8 Å². The first-order valence-electron chi connectivity index (χ1n) is 10.3. The van der Waals surface area contributed by atoms with Gasteiger partial charge in [-0.15, -0.1) is 0 Å². The van der Waals surface area contributed by atoms with Gasteiger partial charge in [0, 0.05) is 6.54 Å². The number of para-hydroxylation sites is 1. The van der Waals surface area contributed by atoms with Crippen LogP contribution in [0.3, 0.4) is 0 Å². The van der Waals surface area contributed by atoms with Crippen LogP contribution in [0.25, 0.3) is 0 Å². The maximum atomic E-state index is 12.4. The number of ether oxygens (including phenoxy) is 3. The van der Waals surface area contributed by atoms with E-state index in [-0.39, 0.29) is 12.2 Å². The molecule has 3 heterocycles. The summed E-state index contributed by atoms with van der Waals surface area (Å²) >= 11 is 0. The summed E-state index contributed by atoms with van der Waals surface area (Å²) in [6.07, 6.45) is 1.88. The fourth-order valence-electron chi connectivity index (χ4n) is 4.58. The van der Waals surface area contributed by atoms with Gasteiger partial charge in [0.05, 0.1) is 12.2 Å². The van der Waals surface area contributed by atoms with Crippen molar-refractivity contribution < 1.29 is 19.0 Å². The molecule has 3 aliphatic heterocycles. The summed E-state index contributed by atoms with van der Waals surface area (Å²) in [5, 5.41) is 0. The number of likely N-dealkylation sites (tertiary alicyclic amines) is 1. The maximum absolute atomic E-state index is 12.4. The number of aryl methyl sites for hydroxylation is 1. The summed E-state index contributed by atoms with van der Waals surface area (Å²) < 4.78 is 16.6.